The Morgan fingerprint density at radius 1 is 1.37 bits per heavy atom. The van der Waals surface area contributed by atoms with Gasteiger partial charge in [0.1, 0.15) is 5.69 Å². The quantitative estimate of drug-likeness (QED) is 0.669. The van der Waals surface area contributed by atoms with Crippen LogP contribution in [0, 0.1) is 23.0 Å². The van der Waals surface area contributed by atoms with Crippen molar-refractivity contribution in [3.05, 3.63) is 33.9 Å². The summed E-state index contributed by atoms with van der Waals surface area (Å²) in [7, 11) is 0. The zero-order valence-corrected chi connectivity index (χ0v) is 11.0. The third kappa shape index (κ3) is 2.56. The monoisotopic (exact) mass is 262 g/mol. The van der Waals surface area contributed by atoms with Crippen molar-refractivity contribution >= 4 is 11.4 Å². The first-order chi connectivity index (χ1) is 9.15. The Labute approximate surface area is 112 Å². The van der Waals surface area contributed by atoms with Crippen molar-refractivity contribution in [2.45, 2.75) is 38.3 Å². The first-order valence-electron chi connectivity index (χ1n) is 6.78. The minimum Gasteiger partial charge on any atom is -0.376 e. The SMILES string of the molecule is Cc1ccc(NC2CCOC2C2CC2)c([N+](=O)[O-])c1. The minimum absolute atomic E-state index is 0.154. The maximum Gasteiger partial charge on any atom is 0.292 e. The van der Waals surface area contributed by atoms with Gasteiger partial charge < -0.3 is 10.1 Å². The van der Waals surface area contributed by atoms with Crippen molar-refractivity contribution in [1.82, 2.24) is 0 Å². The van der Waals surface area contributed by atoms with Crippen molar-refractivity contribution < 1.29 is 9.66 Å². The van der Waals surface area contributed by atoms with Crippen LogP contribution in [0.25, 0.3) is 0 Å². The van der Waals surface area contributed by atoms with E-state index < -0.39 is 0 Å². The van der Waals surface area contributed by atoms with Gasteiger partial charge in [-0.1, -0.05) is 6.07 Å². The van der Waals surface area contributed by atoms with Crippen LogP contribution in [0.1, 0.15) is 24.8 Å². The second kappa shape index (κ2) is 4.81. The third-order valence-corrected chi connectivity index (χ3v) is 3.91. The van der Waals surface area contributed by atoms with Crippen molar-refractivity contribution in [3.8, 4) is 0 Å². The molecule has 1 aliphatic heterocycles. The Kier molecular flexibility index (Phi) is 3.14. The largest absolute Gasteiger partial charge is 0.376 e. The molecule has 0 spiro atoms. The van der Waals surface area contributed by atoms with Crippen LogP contribution in [0.15, 0.2) is 18.2 Å². The van der Waals surface area contributed by atoms with Crippen molar-refractivity contribution in [3.63, 3.8) is 0 Å². The smallest absolute Gasteiger partial charge is 0.292 e. The molecular formula is C14H18N2O3. The van der Waals surface area contributed by atoms with Crippen LogP contribution in [0.2, 0.25) is 0 Å². The second-order valence-corrected chi connectivity index (χ2v) is 5.49. The molecule has 1 aromatic rings. The number of nitro benzene ring substituents is 1. The molecule has 1 aliphatic carbocycles. The molecule has 2 unspecified atom stereocenters. The van der Waals surface area contributed by atoms with Crippen LogP contribution >= 0.6 is 0 Å². The predicted molar refractivity (Wildman–Crippen MR) is 72.3 cm³/mol. The molecule has 1 N–H and O–H groups in total. The standard InChI is InChI=1S/C14H18N2O3/c1-9-2-5-11(13(8-9)16(17)18)15-12-6-7-19-14(12)10-3-4-10/h2,5,8,10,12,14-15H,3-4,6-7H2,1H3. The molecule has 102 valence electrons. The Hall–Kier alpha value is -1.62. The molecule has 3 rings (SSSR count). The molecule has 0 bridgehead atoms. The van der Waals surface area contributed by atoms with Gasteiger partial charge in [-0.05, 0) is 43.7 Å². The summed E-state index contributed by atoms with van der Waals surface area (Å²) in [6, 6.07) is 5.52. The normalized spacial score (nSPS) is 26.4. The number of hydrogen-bond acceptors (Lipinski definition) is 4. The van der Waals surface area contributed by atoms with E-state index in [1.165, 1.54) is 12.8 Å². The predicted octanol–water partition coefficient (Wildman–Crippen LogP) is 2.88. The maximum absolute atomic E-state index is 11.1. The van der Waals surface area contributed by atoms with Gasteiger partial charge in [-0.25, -0.2) is 0 Å². The molecular weight excluding hydrogens is 244 g/mol. The summed E-state index contributed by atoms with van der Waals surface area (Å²) in [6.07, 6.45) is 3.59. The molecule has 1 saturated carbocycles. The van der Waals surface area contributed by atoms with Crippen LogP contribution in [0.3, 0.4) is 0 Å². The molecule has 0 radical (unpaired) electrons. The van der Waals surface area contributed by atoms with Crippen LogP contribution in [-0.4, -0.2) is 23.7 Å². The lowest BCUT2D eigenvalue weighted by Crippen LogP contribution is -2.31. The number of hydrogen-bond donors (Lipinski definition) is 1. The average Bonchev–Trinajstić information content (AvgIpc) is 3.12. The van der Waals surface area contributed by atoms with E-state index >= 15 is 0 Å². The number of ether oxygens (including phenoxy) is 1. The molecule has 2 fully saturated rings. The van der Waals surface area contributed by atoms with Gasteiger partial charge in [-0.2, -0.15) is 0 Å². The van der Waals surface area contributed by atoms with Crippen LogP contribution < -0.4 is 5.32 Å². The lowest BCUT2D eigenvalue weighted by Gasteiger charge is -2.20. The highest BCUT2D eigenvalue weighted by molar-refractivity contribution is 5.63. The molecule has 1 heterocycles. The van der Waals surface area contributed by atoms with E-state index in [-0.39, 0.29) is 22.8 Å². The second-order valence-electron chi connectivity index (χ2n) is 5.49. The molecule has 0 aromatic heterocycles. The van der Waals surface area contributed by atoms with Crippen molar-refractivity contribution in [1.29, 1.82) is 0 Å². The van der Waals surface area contributed by atoms with E-state index in [9.17, 15) is 10.1 Å². The molecule has 1 saturated heterocycles. The van der Waals surface area contributed by atoms with Gasteiger partial charge in [0.15, 0.2) is 0 Å². The molecule has 2 atom stereocenters. The Balaban J connectivity index is 1.80. The summed E-state index contributed by atoms with van der Waals surface area (Å²) in [5, 5.41) is 14.4. The fraction of sp³-hybridized carbons (Fsp3) is 0.571. The lowest BCUT2D eigenvalue weighted by molar-refractivity contribution is -0.384. The summed E-state index contributed by atoms with van der Waals surface area (Å²) in [4.78, 5) is 10.8. The number of benzene rings is 1. The highest BCUT2D eigenvalue weighted by Crippen LogP contribution is 2.40. The number of nitro groups is 1. The van der Waals surface area contributed by atoms with E-state index in [1.807, 2.05) is 13.0 Å². The van der Waals surface area contributed by atoms with Crippen molar-refractivity contribution in [2.75, 3.05) is 11.9 Å². The third-order valence-electron chi connectivity index (χ3n) is 3.91. The number of nitrogens with zero attached hydrogens (tertiary/aromatic N) is 1. The fourth-order valence-corrected chi connectivity index (χ4v) is 2.77. The average molecular weight is 262 g/mol. The number of anilines is 1. The van der Waals surface area contributed by atoms with Gasteiger partial charge in [0, 0.05) is 12.7 Å². The minimum atomic E-state index is -0.322. The van der Waals surface area contributed by atoms with E-state index in [0.717, 1.165) is 18.6 Å². The van der Waals surface area contributed by atoms with E-state index in [0.29, 0.717) is 11.6 Å². The summed E-state index contributed by atoms with van der Waals surface area (Å²) in [5.41, 5.74) is 1.66. The van der Waals surface area contributed by atoms with E-state index in [4.69, 9.17) is 4.74 Å². The number of rotatable bonds is 4. The highest BCUT2D eigenvalue weighted by Gasteiger charge is 2.41. The zero-order chi connectivity index (χ0) is 13.4. The summed E-state index contributed by atoms with van der Waals surface area (Å²) in [5.74, 6) is 0.643. The Morgan fingerprint density at radius 3 is 2.84 bits per heavy atom. The zero-order valence-electron chi connectivity index (χ0n) is 11.0. The van der Waals surface area contributed by atoms with Crippen LogP contribution in [0.4, 0.5) is 11.4 Å². The van der Waals surface area contributed by atoms with Crippen molar-refractivity contribution in [2.24, 2.45) is 5.92 Å². The molecule has 2 aliphatic rings. The summed E-state index contributed by atoms with van der Waals surface area (Å²) >= 11 is 0. The van der Waals surface area contributed by atoms with Crippen LogP contribution in [-0.2, 0) is 4.74 Å². The lowest BCUT2D eigenvalue weighted by atomic mass is 10.1. The maximum atomic E-state index is 11.1. The molecule has 19 heavy (non-hydrogen) atoms. The fourth-order valence-electron chi connectivity index (χ4n) is 2.77. The summed E-state index contributed by atoms with van der Waals surface area (Å²) < 4.78 is 5.75. The van der Waals surface area contributed by atoms with E-state index in [1.54, 1.807) is 12.1 Å². The highest BCUT2D eigenvalue weighted by atomic mass is 16.6. The summed E-state index contributed by atoms with van der Waals surface area (Å²) in [6.45, 7) is 2.61. The van der Waals surface area contributed by atoms with E-state index in [2.05, 4.69) is 5.32 Å². The Morgan fingerprint density at radius 2 is 2.16 bits per heavy atom. The molecule has 0 amide bonds. The topological polar surface area (TPSA) is 64.4 Å². The van der Waals surface area contributed by atoms with Gasteiger partial charge in [0.05, 0.1) is 17.1 Å². The van der Waals surface area contributed by atoms with Gasteiger partial charge in [-0.3, -0.25) is 10.1 Å². The Bertz CT molecular complexity index is 499. The molecule has 1 aromatic carbocycles. The van der Waals surface area contributed by atoms with Gasteiger partial charge in [0.2, 0.25) is 0 Å². The number of nitrogens with one attached hydrogen (secondary N) is 1. The first kappa shape index (κ1) is 12.4. The first-order valence-corrected chi connectivity index (χ1v) is 6.78. The van der Waals surface area contributed by atoms with Gasteiger partial charge in [0.25, 0.3) is 5.69 Å². The van der Waals surface area contributed by atoms with Gasteiger partial charge in [-0.15, -0.1) is 0 Å². The molecule has 5 nitrogen and oxygen atoms in total. The van der Waals surface area contributed by atoms with Gasteiger partial charge >= 0.3 is 0 Å². The number of aryl methyl sites for hydroxylation is 1. The van der Waals surface area contributed by atoms with Crippen LogP contribution in [0.5, 0.6) is 0 Å². The molecule has 5 heteroatoms.